The van der Waals surface area contributed by atoms with Crippen LogP contribution in [0.1, 0.15) is 47.7 Å². The summed E-state index contributed by atoms with van der Waals surface area (Å²) in [6.07, 6.45) is 3.74. The molecule has 0 aromatic heterocycles. The standard InChI is InChI=1S/C23H24N2O4/c1-15(22(27)24-19-10-7-16-4-2-5-18(16)14-19)29-23(28)17-8-11-20(12-9-17)25-13-3-6-21(25)26/h7-12,14-15H,2-6,13H2,1H3,(H,24,27)/t15-/m1/s1. The van der Waals surface area contributed by atoms with Gasteiger partial charge in [0.2, 0.25) is 5.91 Å². The Labute approximate surface area is 169 Å². The molecule has 2 aromatic carbocycles. The van der Waals surface area contributed by atoms with Gasteiger partial charge in [0.25, 0.3) is 5.91 Å². The number of anilines is 2. The SMILES string of the molecule is C[C@@H](OC(=O)c1ccc(N2CCCC2=O)cc1)C(=O)Nc1ccc2c(c1)CCC2. The zero-order valence-electron chi connectivity index (χ0n) is 16.4. The number of carbonyl (C=O) groups excluding carboxylic acids is 3. The first kappa shape index (κ1) is 19.2. The number of amides is 2. The lowest BCUT2D eigenvalue weighted by molar-refractivity contribution is -0.123. The van der Waals surface area contributed by atoms with E-state index in [1.807, 2.05) is 18.2 Å². The second-order valence-corrected chi connectivity index (χ2v) is 7.57. The van der Waals surface area contributed by atoms with E-state index in [0.29, 0.717) is 18.5 Å². The maximum absolute atomic E-state index is 12.4. The van der Waals surface area contributed by atoms with Crippen LogP contribution in [-0.2, 0) is 27.2 Å². The Kier molecular flexibility index (Phi) is 5.34. The van der Waals surface area contributed by atoms with E-state index in [4.69, 9.17) is 4.74 Å². The minimum absolute atomic E-state index is 0.0946. The first-order chi connectivity index (χ1) is 14.0. The van der Waals surface area contributed by atoms with Crippen LogP contribution >= 0.6 is 0 Å². The van der Waals surface area contributed by atoms with Gasteiger partial charge in [-0.2, -0.15) is 0 Å². The highest BCUT2D eigenvalue weighted by Gasteiger charge is 2.23. The van der Waals surface area contributed by atoms with E-state index in [2.05, 4.69) is 5.32 Å². The number of hydrogen-bond acceptors (Lipinski definition) is 4. The Bertz CT molecular complexity index is 952. The predicted molar refractivity (Wildman–Crippen MR) is 110 cm³/mol. The van der Waals surface area contributed by atoms with E-state index in [0.717, 1.165) is 37.1 Å². The number of rotatable bonds is 5. The monoisotopic (exact) mass is 392 g/mol. The lowest BCUT2D eigenvalue weighted by atomic mass is 10.1. The van der Waals surface area contributed by atoms with Crippen molar-refractivity contribution in [3.05, 3.63) is 59.2 Å². The van der Waals surface area contributed by atoms with Crippen molar-refractivity contribution in [1.29, 1.82) is 0 Å². The third kappa shape index (κ3) is 4.16. The van der Waals surface area contributed by atoms with E-state index >= 15 is 0 Å². The van der Waals surface area contributed by atoms with Crippen molar-refractivity contribution in [2.24, 2.45) is 0 Å². The van der Waals surface area contributed by atoms with Crippen molar-refractivity contribution in [1.82, 2.24) is 0 Å². The summed E-state index contributed by atoms with van der Waals surface area (Å²) >= 11 is 0. The topological polar surface area (TPSA) is 75.7 Å². The summed E-state index contributed by atoms with van der Waals surface area (Å²) in [4.78, 5) is 38.3. The molecular weight excluding hydrogens is 368 g/mol. The Morgan fingerprint density at radius 1 is 1.00 bits per heavy atom. The summed E-state index contributed by atoms with van der Waals surface area (Å²) in [5, 5.41) is 2.82. The van der Waals surface area contributed by atoms with Gasteiger partial charge in [-0.15, -0.1) is 0 Å². The smallest absolute Gasteiger partial charge is 0.338 e. The van der Waals surface area contributed by atoms with E-state index in [-0.39, 0.29) is 11.8 Å². The molecular formula is C23H24N2O4. The van der Waals surface area contributed by atoms with Crippen LogP contribution in [0, 0.1) is 0 Å². The number of nitrogens with zero attached hydrogens (tertiary/aromatic N) is 1. The van der Waals surface area contributed by atoms with Crippen molar-refractivity contribution >= 4 is 29.2 Å². The van der Waals surface area contributed by atoms with Crippen LogP contribution in [0.4, 0.5) is 11.4 Å². The number of benzene rings is 2. The van der Waals surface area contributed by atoms with Crippen molar-refractivity contribution in [3.8, 4) is 0 Å². The highest BCUT2D eigenvalue weighted by atomic mass is 16.5. The summed E-state index contributed by atoms with van der Waals surface area (Å²) in [6.45, 7) is 2.25. The molecule has 0 unspecified atom stereocenters. The molecule has 1 saturated heterocycles. The van der Waals surface area contributed by atoms with E-state index < -0.39 is 12.1 Å². The number of aryl methyl sites for hydroxylation is 2. The molecule has 1 heterocycles. The van der Waals surface area contributed by atoms with Crippen molar-refractivity contribution in [3.63, 3.8) is 0 Å². The Hall–Kier alpha value is -3.15. The third-order valence-electron chi connectivity index (χ3n) is 5.51. The fourth-order valence-corrected chi connectivity index (χ4v) is 3.87. The van der Waals surface area contributed by atoms with Crippen LogP contribution in [0.15, 0.2) is 42.5 Å². The highest BCUT2D eigenvalue weighted by molar-refractivity contribution is 5.98. The Morgan fingerprint density at radius 3 is 2.48 bits per heavy atom. The fraction of sp³-hybridized carbons (Fsp3) is 0.348. The zero-order valence-corrected chi connectivity index (χ0v) is 16.4. The molecule has 0 spiro atoms. The molecule has 0 bridgehead atoms. The summed E-state index contributed by atoms with van der Waals surface area (Å²) < 4.78 is 5.32. The van der Waals surface area contributed by atoms with Gasteiger partial charge in [0.1, 0.15) is 0 Å². The van der Waals surface area contributed by atoms with Gasteiger partial charge < -0.3 is 15.0 Å². The molecule has 1 atom stereocenters. The van der Waals surface area contributed by atoms with Crippen LogP contribution < -0.4 is 10.2 Å². The quantitative estimate of drug-likeness (QED) is 0.791. The lowest BCUT2D eigenvalue weighted by Crippen LogP contribution is -2.30. The summed E-state index contributed by atoms with van der Waals surface area (Å²) in [6, 6.07) is 12.6. The van der Waals surface area contributed by atoms with Crippen LogP contribution in [0.5, 0.6) is 0 Å². The molecule has 4 rings (SSSR count). The number of nitrogens with one attached hydrogen (secondary N) is 1. The van der Waals surface area contributed by atoms with Crippen LogP contribution in [0.25, 0.3) is 0 Å². The van der Waals surface area contributed by atoms with Crippen molar-refractivity contribution < 1.29 is 19.1 Å². The van der Waals surface area contributed by atoms with Crippen molar-refractivity contribution in [2.45, 2.75) is 45.1 Å². The van der Waals surface area contributed by atoms with E-state index in [1.54, 1.807) is 36.1 Å². The highest BCUT2D eigenvalue weighted by Crippen LogP contribution is 2.25. The van der Waals surface area contributed by atoms with Gasteiger partial charge in [-0.05, 0) is 80.1 Å². The van der Waals surface area contributed by atoms with Crippen LogP contribution in [0.3, 0.4) is 0 Å². The third-order valence-corrected chi connectivity index (χ3v) is 5.51. The first-order valence-corrected chi connectivity index (χ1v) is 10.1. The molecule has 2 aromatic rings. The van der Waals surface area contributed by atoms with Gasteiger partial charge >= 0.3 is 5.97 Å². The lowest BCUT2D eigenvalue weighted by Gasteiger charge is -2.16. The molecule has 150 valence electrons. The van der Waals surface area contributed by atoms with Gasteiger partial charge in [-0.1, -0.05) is 6.07 Å². The second kappa shape index (κ2) is 8.07. The van der Waals surface area contributed by atoms with Gasteiger partial charge in [0.05, 0.1) is 5.56 Å². The Morgan fingerprint density at radius 2 is 1.76 bits per heavy atom. The predicted octanol–water partition coefficient (Wildman–Crippen LogP) is 3.49. The minimum atomic E-state index is -0.921. The van der Waals surface area contributed by atoms with Crippen molar-refractivity contribution in [2.75, 3.05) is 16.8 Å². The molecule has 2 aliphatic rings. The molecule has 29 heavy (non-hydrogen) atoms. The molecule has 2 amide bonds. The molecule has 1 aliphatic heterocycles. The summed E-state index contributed by atoms with van der Waals surface area (Å²) in [7, 11) is 0. The molecule has 1 aliphatic carbocycles. The molecule has 0 radical (unpaired) electrons. The number of ether oxygens (including phenoxy) is 1. The second-order valence-electron chi connectivity index (χ2n) is 7.57. The summed E-state index contributed by atoms with van der Waals surface area (Å²) in [5.41, 5.74) is 4.44. The normalized spacial score (nSPS) is 16.4. The number of fused-ring (bicyclic) bond motifs is 1. The Balaban J connectivity index is 1.35. The zero-order chi connectivity index (χ0) is 20.4. The average molecular weight is 392 g/mol. The van der Waals surface area contributed by atoms with Crippen LogP contribution in [0.2, 0.25) is 0 Å². The molecule has 6 nitrogen and oxygen atoms in total. The molecule has 6 heteroatoms. The average Bonchev–Trinajstić information content (AvgIpc) is 3.36. The van der Waals surface area contributed by atoms with Crippen LogP contribution in [-0.4, -0.2) is 30.4 Å². The molecule has 0 saturated carbocycles. The molecule has 1 fully saturated rings. The van der Waals surface area contributed by atoms with Gasteiger partial charge in [0.15, 0.2) is 6.10 Å². The largest absolute Gasteiger partial charge is 0.449 e. The fourth-order valence-electron chi connectivity index (χ4n) is 3.87. The molecule has 1 N–H and O–H groups in total. The first-order valence-electron chi connectivity index (χ1n) is 10.1. The number of esters is 1. The van der Waals surface area contributed by atoms with Gasteiger partial charge in [0, 0.05) is 24.3 Å². The maximum atomic E-state index is 12.4. The van der Waals surface area contributed by atoms with E-state index in [1.165, 1.54) is 11.1 Å². The number of carbonyl (C=O) groups is 3. The summed E-state index contributed by atoms with van der Waals surface area (Å²) in [5.74, 6) is -0.839. The van der Waals surface area contributed by atoms with Gasteiger partial charge in [-0.25, -0.2) is 4.79 Å². The van der Waals surface area contributed by atoms with Gasteiger partial charge in [-0.3, -0.25) is 9.59 Å². The maximum Gasteiger partial charge on any atom is 0.338 e. The minimum Gasteiger partial charge on any atom is -0.449 e. The van der Waals surface area contributed by atoms with E-state index in [9.17, 15) is 14.4 Å². The number of hydrogen-bond donors (Lipinski definition) is 1.